The number of benzene rings is 1. The average Bonchev–Trinajstić information content (AvgIpc) is 3.26. The summed E-state index contributed by atoms with van der Waals surface area (Å²) in [6.07, 6.45) is 1.50. The zero-order valence-corrected chi connectivity index (χ0v) is 17.8. The van der Waals surface area contributed by atoms with E-state index >= 15 is 0 Å². The van der Waals surface area contributed by atoms with Gasteiger partial charge in [0.15, 0.2) is 5.13 Å². The van der Waals surface area contributed by atoms with E-state index in [-0.39, 0.29) is 16.1 Å². The highest BCUT2D eigenvalue weighted by Crippen LogP contribution is 2.30. The number of thiazole rings is 1. The molecule has 2 N–H and O–H groups in total. The van der Waals surface area contributed by atoms with Crippen LogP contribution in [0.5, 0.6) is 0 Å². The molecular weight excluding hydrogens is 430 g/mol. The first-order chi connectivity index (χ1) is 13.8. The number of thiophene rings is 1. The topological polar surface area (TPSA) is 114 Å². The summed E-state index contributed by atoms with van der Waals surface area (Å²) in [5, 5.41) is 4.92. The summed E-state index contributed by atoms with van der Waals surface area (Å²) in [6, 6.07) is 9.00. The number of aryl methyl sites for hydroxylation is 1. The number of sulfonamides is 1. The third-order valence-electron chi connectivity index (χ3n) is 3.91. The van der Waals surface area contributed by atoms with E-state index in [0.29, 0.717) is 16.4 Å². The molecule has 0 bridgehead atoms. The van der Waals surface area contributed by atoms with Gasteiger partial charge in [-0.15, -0.1) is 11.3 Å². The fourth-order valence-corrected chi connectivity index (χ4v) is 5.98. The number of hydrogen-bond acceptors (Lipinski definition) is 8. The van der Waals surface area contributed by atoms with Crippen molar-refractivity contribution in [2.24, 2.45) is 0 Å². The second-order valence-corrected chi connectivity index (χ2v) is 9.97. The molecule has 0 saturated carbocycles. The van der Waals surface area contributed by atoms with Gasteiger partial charge in [0.25, 0.3) is 10.0 Å². The molecule has 0 saturated heterocycles. The third-order valence-corrected chi connectivity index (χ3v) is 7.86. The molecule has 0 radical (unpaired) electrons. The molecule has 29 heavy (non-hydrogen) atoms. The summed E-state index contributed by atoms with van der Waals surface area (Å²) in [5.74, 6) is -0.184. The molecule has 148 valence electrons. The van der Waals surface area contributed by atoms with Crippen LogP contribution >= 0.6 is 22.7 Å². The number of nitrogens with zero attached hydrogens (tertiary/aromatic N) is 3. The molecule has 0 aliphatic carbocycles. The zero-order chi connectivity index (χ0) is 20.6. The molecule has 0 unspecified atom stereocenters. The van der Waals surface area contributed by atoms with Crippen molar-refractivity contribution < 1.29 is 13.2 Å². The van der Waals surface area contributed by atoms with Crippen molar-refractivity contribution in [2.45, 2.75) is 18.1 Å². The number of fused-ring (bicyclic) bond motifs is 1. The largest absolute Gasteiger partial charge is 0.302 e. The van der Waals surface area contributed by atoms with E-state index in [1.807, 2.05) is 18.2 Å². The number of nitrogens with one attached hydrogen (secondary N) is 2. The van der Waals surface area contributed by atoms with Crippen molar-refractivity contribution in [3.05, 3.63) is 47.5 Å². The molecule has 0 spiro atoms. The molecule has 8 nitrogen and oxygen atoms in total. The van der Waals surface area contributed by atoms with E-state index < -0.39 is 10.0 Å². The van der Waals surface area contributed by atoms with Crippen LogP contribution in [0.4, 0.5) is 11.1 Å². The molecule has 3 heterocycles. The Morgan fingerprint density at radius 3 is 2.69 bits per heavy atom. The van der Waals surface area contributed by atoms with Gasteiger partial charge in [-0.05, 0) is 42.1 Å². The van der Waals surface area contributed by atoms with Crippen molar-refractivity contribution in [3.63, 3.8) is 0 Å². The van der Waals surface area contributed by atoms with Gasteiger partial charge < -0.3 is 5.32 Å². The number of rotatable bonds is 5. The maximum Gasteiger partial charge on any atom is 0.273 e. The van der Waals surface area contributed by atoms with Gasteiger partial charge in [-0.3, -0.25) is 4.79 Å². The number of amides is 1. The van der Waals surface area contributed by atoms with E-state index in [1.54, 1.807) is 24.4 Å². The Bertz CT molecular complexity index is 1330. The van der Waals surface area contributed by atoms with E-state index in [0.717, 1.165) is 27.1 Å². The molecule has 1 aromatic carbocycles. The molecule has 4 aromatic rings. The normalized spacial score (nSPS) is 11.5. The van der Waals surface area contributed by atoms with Crippen LogP contribution in [0.25, 0.3) is 21.5 Å². The second-order valence-electron chi connectivity index (χ2n) is 6.14. The minimum atomic E-state index is -3.75. The fraction of sp³-hybridized carbons (Fsp3) is 0.111. The quantitative estimate of drug-likeness (QED) is 0.482. The molecule has 0 fully saturated rings. The van der Waals surface area contributed by atoms with Gasteiger partial charge in [-0.2, -0.15) is 0 Å². The van der Waals surface area contributed by atoms with E-state index in [2.05, 4.69) is 25.0 Å². The molecule has 3 aromatic heterocycles. The van der Waals surface area contributed by atoms with Crippen molar-refractivity contribution >= 4 is 59.9 Å². The monoisotopic (exact) mass is 445 g/mol. The van der Waals surface area contributed by atoms with Crippen LogP contribution in [0.1, 0.15) is 12.5 Å². The smallest absolute Gasteiger partial charge is 0.273 e. The standard InChI is InChI=1S/C18H15N5O3S3/c1-10-6-8-27-16(10)29(25,26)23-17-19-7-5-13(21-17)12-3-4-14-15(9-12)28-18(22-14)20-11(2)24/h3-9H,1-2H3,(H,19,21,23)(H,20,22,24). The van der Waals surface area contributed by atoms with Gasteiger partial charge in [0.2, 0.25) is 11.9 Å². The van der Waals surface area contributed by atoms with Gasteiger partial charge in [0.1, 0.15) is 4.21 Å². The third kappa shape index (κ3) is 4.11. The molecule has 1 amide bonds. The van der Waals surface area contributed by atoms with Crippen LogP contribution in [0.15, 0.2) is 46.1 Å². The molecule has 0 atom stereocenters. The Labute approximate surface area is 174 Å². The summed E-state index contributed by atoms with van der Waals surface area (Å²) < 4.78 is 28.7. The van der Waals surface area contributed by atoms with Crippen molar-refractivity contribution in [2.75, 3.05) is 10.0 Å². The van der Waals surface area contributed by atoms with Gasteiger partial charge in [-0.25, -0.2) is 28.1 Å². The Morgan fingerprint density at radius 2 is 1.97 bits per heavy atom. The molecule has 0 aliphatic heterocycles. The maximum atomic E-state index is 12.6. The Kier molecular flexibility index (Phi) is 5.03. The van der Waals surface area contributed by atoms with Gasteiger partial charge in [0.05, 0.1) is 15.9 Å². The number of anilines is 2. The van der Waals surface area contributed by atoms with Crippen molar-refractivity contribution in [3.8, 4) is 11.3 Å². The first kappa shape index (κ1) is 19.4. The summed E-state index contributed by atoms with van der Waals surface area (Å²) in [5.41, 5.74) is 2.78. The van der Waals surface area contributed by atoms with Crippen LogP contribution in [-0.4, -0.2) is 29.3 Å². The Hall–Kier alpha value is -2.89. The predicted molar refractivity (Wildman–Crippen MR) is 115 cm³/mol. The lowest BCUT2D eigenvalue weighted by Crippen LogP contribution is -2.14. The van der Waals surface area contributed by atoms with Crippen LogP contribution in [0.2, 0.25) is 0 Å². The summed E-state index contributed by atoms with van der Waals surface area (Å²) in [4.78, 5) is 24.0. The van der Waals surface area contributed by atoms with Crippen LogP contribution in [0.3, 0.4) is 0 Å². The highest BCUT2D eigenvalue weighted by Gasteiger charge is 2.20. The minimum Gasteiger partial charge on any atom is -0.302 e. The van der Waals surface area contributed by atoms with Crippen molar-refractivity contribution in [1.82, 2.24) is 15.0 Å². The first-order valence-corrected chi connectivity index (χ1v) is 11.6. The molecule has 4 rings (SSSR count). The van der Waals surface area contributed by atoms with Crippen LogP contribution in [-0.2, 0) is 14.8 Å². The summed E-state index contributed by atoms with van der Waals surface area (Å²) >= 11 is 2.49. The molecular formula is C18H15N5O3S3. The lowest BCUT2D eigenvalue weighted by molar-refractivity contribution is -0.114. The lowest BCUT2D eigenvalue weighted by atomic mass is 10.1. The molecule has 11 heteroatoms. The Balaban J connectivity index is 1.65. The minimum absolute atomic E-state index is 0.00126. The highest BCUT2D eigenvalue weighted by atomic mass is 32.2. The van der Waals surface area contributed by atoms with E-state index in [4.69, 9.17) is 0 Å². The first-order valence-electron chi connectivity index (χ1n) is 8.40. The van der Waals surface area contributed by atoms with Gasteiger partial charge >= 0.3 is 0 Å². The number of aromatic nitrogens is 3. The SMILES string of the molecule is CC(=O)Nc1nc2ccc(-c3ccnc(NS(=O)(=O)c4sccc4C)n3)cc2s1. The van der Waals surface area contributed by atoms with Crippen molar-refractivity contribution in [1.29, 1.82) is 0 Å². The summed E-state index contributed by atoms with van der Waals surface area (Å²) in [7, 11) is -3.75. The number of carbonyl (C=O) groups is 1. The van der Waals surface area contributed by atoms with Crippen LogP contribution in [0, 0.1) is 6.92 Å². The van der Waals surface area contributed by atoms with Gasteiger partial charge in [0, 0.05) is 18.7 Å². The molecule has 0 aliphatic rings. The average molecular weight is 446 g/mol. The van der Waals surface area contributed by atoms with E-state index in [9.17, 15) is 13.2 Å². The maximum absolute atomic E-state index is 12.6. The fourth-order valence-electron chi connectivity index (χ4n) is 2.66. The number of hydrogen-bond donors (Lipinski definition) is 2. The summed E-state index contributed by atoms with van der Waals surface area (Å²) in [6.45, 7) is 3.17. The van der Waals surface area contributed by atoms with Gasteiger partial charge in [-0.1, -0.05) is 17.4 Å². The van der Waals surface area contributed by atoms with E-state index in [1.165, 1.54) is 24.5 Å². The Morgan fingerprint density at radius 1 is 1.14 bits per heavy atom. The lowest BCUT2D eigenvalue weighted by Gasteiger charge is -2.07. The number of carbonyl (C=O) groups excluding carboxylic acids is 1. The highest BCUT2D eigenvalue weighted by molar-refractivity contribution is 7.94. The van der Waals surface area contributed by atoms with Crippen LogP contribution < -0.4 is 10.0 Å². The predicted octanol–water partition coefficient (Wildman–Crippen LogP) is 3.88. The zero-order valence-electron chi connectivity index (χ0n) is 15.3. The second kappa shape index (κ2) is 7.50.